The fourth-order valence-corrected chi connectivity index (χ4v) is 1.93. The first-order valence-electron chi connectivity index (χ1n) is 6.14. The third-order valence-corrected chi connectivity index (χ3v) is 3.25. The average Bonchev–Trinajstić information content (AvgIpc) is 2.31. The first-order valence-corrected chi connectivity index (χ1v) is 6.52. The van der Waals surface area contributed by atoms with Gasteiger partial charge in [0.25, 0.3) is 0 Å². The smallest absolute Gasteiger partial charge is 0.138 e. The Morgan fingerprint density at radius 1 is 1.39 bits per heavy atom. The number of halogens is 1. The minimum Gasteiger partial charge on any atom is -0.396 e. The molecule has 0 saturated carbocycles. The van der Waals surface area contributed by atoms with Crippen LogP contribution in [0.3, 0.4) is 0 Å². The highest BCUT2D eigenvalue weighted by Crippen LogP contribution is 2.19. The molecule has 0 saturated heterocycles. The molecular formula is C14H20ClNO2. The van der Waals surface area contributed by atoms with Crippen molar-refractivity contribution in [3.8, 4) is 0 Å². The van der Waals surface area contributed by atoms with Crippen molar-refractivity contribution in [1.82, 2.24) is 5.32 Å². The van der Waals surface area contributed by atoms with E-state index in [4.69, 9.17) is 16.7 Å². The van der Waals surface area contributed by atoms with Crippen LogP contribution < -0.4 is 5.32 Å². The first-order chi connectivity index (χ1) is 8.54. The summed E-state index contributed by atoms with van der Waals surface area (Å²) in [5, 5.41) is 12.8. The van der Waals surface area contributed by atoms with Gasteiger partial charge in [-0.1, -0.05) is 23.7 Å². The van der Waals surface area contributed by atoms with Gasteiger partial charge in [-0.3, -0.25) is 4.79 Å². The monoisotopic (exact) mass is 269 g/mol. The van der Waals surface area contributed by atoms with Crippen molar-refractivity contribution in [2.24, 2.45) is 0 Å². The Morgan fingerprint density at radius 2 is 2.00 bits per heavy atom. The van der Waals surface area contributed by atoms with Crippen LogP contribution in [0, 0.1) is 0 Å². The molecule has 4 heteroatoms. The van der Waals surface area contributed by atoms with Gasteiger partial charge in [0.2, 0.25) is 0 Å². The Bertz CT molecular complexity index is 378. The number of aliphatic hydroxyl groups excluding tert-OH is 1. The summed E-state index contributed by atoms with van der Waals surface area (Å²) in [6.45, 7) is 4.32. The topological polar surface area (TPSA) is 49.3 Å². The predicted molar refractivity (Wildman–Crippen MR) is 74.0 cm³/mol. The van der Waals surface area contributed by atoms with Gasteiger partial charge in [0.05, 0.1) is 5.92 Å². The molecule has 1 aromatic carbocycles. The van der Waals surface area contributed by atoms with Gasteiger partial charge < -0.3 is 10.4 Å². The van der Waals surface area contributed by atoms with E-state index < -0.39 is 0 Å². The summed E-state index contributed by atoms with van der Waals surface area (Å²) in [5.41, 5.74) is 0.968. The summed E-state index contributed by atoms with van der Waals surface area (Å²) in [6, 6.07) is 7.55. The summed E-state index contributed by atoms with van der Waals surface area (Å²) < 4.78 is 0. The maximum Gasteiger partial charge on any atom is 0.138 e. The van der Waals surface area contributed by atoms with Crippen molar-refractivity contribution < 1.29 is 9.90 Å². The molecule has 2 unspecified atom stereocenters. The fraction of sp³-hybridized carbons (Fsp3) is 0.500. The van der Waals surface area contributed by atoms with Gasteiger partial charge in [-0.15, -0.1) is 0 Å². The molecule has 0 aliphatic rings. The van der Waals surface area contributed by atoms with Crippen LogP contribution in [0.5, 0.6) is 0 Å². The van der Waals surface area contributed by atoms with Gasteiger partial charge in [-0.05, 0) is 38.0 Å². The van der Waals surface area contributed by atoms with E-state index in [0.29, 0.717) is 18.0 Å². The van der Waals surface area contributed by atoms with Gasteiger partial charge in [0.1, 0.15) is 5.78 Å². The molecule has 0 heterocycles. The van der Waals surface area contributed by atoms with Crippen LogP contribution >= 0.6 is 11.6 Å². The lowest BCUT2D eigenvalue weighted by Gasteiger charge is -2.19. The summed E-state index contributed by atoms with van der Waals surface area (Å²) in [5.74, 6) is -0.0376. The average molecular weight is 270 g/mol. The van der Waals surface area contributed by atoms with Crippen molar-refractivity contribution in [1.29, 1.82) is 0 Å². The Labute approximate surface area is 113 Å². The summed E-state index contributed by atoms with van der Waals surface area (Å²) in [4.78, 5) is 11.7. The van der Waals surface area contributed by atoms with Crippen molar-refractivity contribution in [2.75, 3.05) is 13.2 Å². The lowest BCUT2D eigenvalue weighted by molar-refractivity contribution is -0.118. The molecule has 0 fully saturated rings. The molecule has 1 aromatic rings. The van der Waals surface area contributed by atoms with Crippen LogP contribution in [-0.2, 0) is 4.79 Å². The van der Waals surface area contributed by atoms with Crippen LogP contribution in [0.4, 0.5) is 0 Å². The number of nitrogens with one attached hydrogen (secondary N) is 1. The standard InChI is InChI=1S/C14H20ClNO2/c1-10(7-8-17)16-9-14(11(2)18)12-3-5-13(15)6-4-12/h3-6,10,14,16-17H,7-9H2,1-2H3. The number of benzene rings is 1. The molecule has 2 atom stereocenters. The van der Waals surface area contributed by atoms with E-state index in [-0.39, 0.29) is 24.3 Å². The number of ketones is 1. The highest BCUT2D eigenvalue weighted by atomic mass is 35.5. The van der Waals surface area contributed by atoms with Gasteiger partial charge >= 0.3 is 0 Å². The Hall–Kier alpha value is -0.900. The van der Waals surface area contributed by atoms with Crippen LogP contribution in [-0.4, -0.2) is 30.1 Å². The number of hydrogen-bond acceptors (Lipinski definition) is 3. The van der Waals surface area contributed by atoms with Crippen LogP contribution in [0.2, 0.25) is 5.02 Å². The lowest BCUT2D eigenvalue weighted by Crippen LogP contribution is -2.33. The maximum atomic E-state index is 11.7. The molecule has 0 spiro atoms. The normalized spacial score (nSPS) is 14.2. The van der Waals surface area contributed by atoms with Crippen LogP contribution in [0.15, 0.2) is 24.3 Å². The highest BCUT2D eigenvalue weighted by Gasteiger charge is 2.17. The second kappa shape index (κ2) is 7.52. The second-order valence-corrected chi connectivity index (χ2v) is 4.97. The molecule has 100 valence electrons. The van der Waals surface area contributed by atoms with Gasteiger partial charge in [-0.2, -0.15) is 0 Å². The van der Waals surface area contributed by atoms with Crippen LogP contribution in [0.1, 0.15) is 31.7 Å². The van der Waals surface area contributed by atoms with Crippen LogP contribution in [0.25, 0.3) is 0 Å². The molecule has 0 bridgehead atoms. The second-order valence-electron chi connectivity index (χ2n) is 4.54. The van der Waals surface area contributed by atoms with E-state index in [1.807, 2.05) is 19.1 Å². The largest absolute Gasteiger partial charge is 0.396 e. The van der Waals surface area contributed by atoms with E-state index in [2.05, 4.69) is 5.32 Å². The predicted octanol–water partition coefficient (Wildman–Crippen LogP) is 2.37. The Kier molecular flexibility index (Phi) is 6.33. The van der Waals surface area contributed by atoms with E-state index in [1.165, 1.54) is 0 Å². The van der Waals surface area contributed by atoms with Gasteiger partial charge in [0.15, 0.2) is 0 Å². The van der Waals surface area contributed by atoms with Crippen molar-refractivity contribution in [3.63, 3.8) is 0 Å². The van der Waals surface area contributed by atoms with Crippen molar-refractivity contribution >= 4 is 17.4 Å². The number of carbonyl (C=O) groups excluding carboxylic acids is 1. The number of carbonyl (C=O) groups is 1. The third kappa shape index (κ3) is 4.77. The third-order valence-electron chi connectivity index (χ3n) is 3.00. The van der Waals surface area contributed by atoms with E-state index in [0.717, 1.165) is 5.56 Å². The van der Waals surface area contributed by atoms with Crippen molar-refractivity contribution in [2.45, 2.75) is 32.2 Å². The Balaban J connectivity index is 2.66. The molecule has 18 heavy (non-hydrogen) atoms. The molecule has 0 aliphatic heterocycles. The van der Waals surface area contributed by atoms with Crippen molar-refractivity contribution in [3.05, 3.63) is 34.9 Å². The van der Waals surface area contributed by atoms with E-state index in [9.17, 15) is 4.79 Å². The minimum absolute atomic E-state index is 0.126. The molecule has 0 amide bonds. The molecule has 0 aliphatic carbocycles. The highest BCUT2D eigenvalue weighted by molar-refractivity contribution is 6.30. The summed E-state index contributed by atoms with van der Waals surface area (Å²) in [7, 11) is 0. The maximum absolute atomic E-state index is 11.7. The van der Waals surface area contributed by atoms with E-state index >= 15 is 0 Å². The molecule has 0 radical (unpaired) electrons. The lowest BCUT2D eigenvalue weighted by atomic mass is 9.95. The molecular weight excluding hydrogens is 250 g/mol. The number of Topliss-reactive ketones (excluding diaryl/α,β-unsaturated/α-hetero) is 1. The van der Waals surface area contributed by atoms with Gasteiger partial charge in [0, 0.05) is 24.2 Å². The number of rotatable bonds is 7. The quantitative estimate of drug-likeness (QED) is 0.799. The minimum atomic E-state index is -0.164. The SMILES string of the molecule is CC(=O)C(CNC(C)CCO)c1ccc(Cl)cc1. The zero-order valence-corrected chi connectivity index (χ0v) is 11.6. The fourth-order valence-electron chi connectivity index (χ4n) is 1.81. The first kappa shape index (κ1) is 15.2. The zero-order valence-electron chi connectivity index (χ0n) is 10.8. The van der Waals surface area contributed by atoms with E-state index in [1.54, 1.807) is 19.1 Å². The molecule has 0 aromatic heterocycles. The molecule has 2 N–H and O–H groups in total. The Morgan fingerprint density at radius 3 is 2.50 bits per heavy atom. The number of hydrogen-bond donors (Lipinski definition) is 2. The molecule has 1 rings (SSSR count). The number of aliphatic hydroxyl groups is 1. The summed E-state index contributed by atoms with van der Waals surface area (Å²) in [6.07, 6.45) is 0.686. The summed E-state index contributed by atoms with van der Waals surface area (Å²) >= 11 is 5.84. The zero-order chi connectivity index (χ0) is 13.5. The molecule has 3 nitrogen and oxygen atoms in total. The van der Waals surface area contributed by atoms with Gasteiger partial charge in [-0.25, -0.2) is 0 Å².